The fraction of sp³-hybridized carbons (Fsp3) is 0.619. The molecule has 0 spiro atoms. The number of alkyl halides is 1. The standard InChI is InChI=1S/C21H26F2N2O3S/c1-12(24-13(2)26)11-27-14-3-5-15(6-4-14)28-17-8-7-16-19(18(17)22)29-20(25-16)21(23)9-10-21/h7-8,12,14-15H,3-6,9-11H2,1-2H3,(H,24,26)/t12-,14?,15?/m0/s1. The molecule has 158 valence electrons. The molecule has 1 amide bonds. The summed E-state index contributed by atoms with van der Waals surface area (Å²) in [5, 5.41) is 3.17. The van der Waals surface area contributed by atoms with Crippen molar-refractivity contribution in [2.75, 3.05) is 6.61 Å². The topological polar surface area (TPSA) is 60.5 Å². The van der Waals surface area contributed by atoms with Crippen LogP contribution in [0.3, 0.4) is 0 Å². The van der Waals surface area contributed by atoms with Gasteiger partial charge in [-0.25, -0.2) is 13.8 Å². The van der Waals surface area contributed by atoms with Crippen LogP contribution in [0.5, 0.6) is 5.75 Å². The zero-order chi connectivity index (χ0) is 20.6. The maximum absolute atomic E-state index is 14.9. The zero-order valence-corrected chi connectivity index (χ0v) is 17.5. The van der Waals surface area contributed by atoms with Crippen LogP contribution in [0.15, 0.2) is 12.1 Å². The Morgan fingerprint density at radius 1 is 1.31 bits per heavy atom. The second kappa shape index (κ2) is 8.14. The first-order valence-electron chi connectivity index (χ1n) is 10.2. The summed E-state index contributed by atoms with van der Waals surface area (Å²) in [6, 6.07) is 3.28. The molecule has 0 aliphatic heterocycles. The minimum absolute atomic E-state index is 0.0225. The number of fused-ring (bicyclic) bond motifs is 1. The van der Waals surface area contributed by atoms with Crippen LogP contribution < -0.4 is 10.1 Å². The van der Waals surface area contributed by atoms with Crippen molar-refractivity contribution in [3.05, 3.63) is 23.0 Å². The van der Waals surface area contributed by atoms with Gasteiger partial charge < -0.3 is 14.8 Å². The first kappa shape index (κ1) is 20.5. The Hall–Kier alpha value is -1.80. The van der Waals surface area contributed by atoms with E-state index in [2.05, 4.69) is 10.3 Å². The molecule has 2 aliphatic rings. The van der Waals surface area contributed by atoms with Crippen molar-refractivity contribution >= 4 is 27.5 Å². The van der Waals surface area contributed by atoms with Gasteiger partial charge in [-0.3, -0.25) is 4.79 Å². The first-order chi connectivity index (χ1) is 13.8. The van der Waals surface area contributed by atoms with Crippen molar-refractivity contribution in [2.24, 2.45) is 0 Å². The number of ether oxygens (including phenoxy) is 2. The lowest BCUT2D eigenvalue weighted by molar-refractivity contribution is -0.120. The molecule has 0 saturated heterocycles. The smallest absolute Gasteiger partial charge is 0.217 e. The largest absolute Gasteiger partial charge is 0.487 e. The summed E-state index contributed by atoms with van der Waals surface area (Å²) in [5.74, 6) is -0.304. The summed E-state index contributed by atoms with van der Waals surface area (Å²) in [7, 11) is 0. The Morgan fingerprint density at radius 2 is 2.00 bits per heavy atom. The number of hydrogen-bond donors (Lipinski definition) is 1. The third-order valence-corrected chi connectivity index (χ3v) is 6.72. The lowest BCUT2D eigenvalue weighted by Gasteiger charge is -2.30. The maximum Gasteiger partial charge on any atom is 0.217 e. The molecule has 1 atom stereocenters. The lowest BCUT2D eigenvalue weighted by atomic mass is 9.95. The summed E-state index contributed by atoms with van der Waals surface area (Å²) in [6.45, 7) is 3.88. The highest BCUT2D eigenvalue weighted by molar-refractivity contribution is 7.18. The van der Waals surface area contributed by atoms with Crippen molar-refractivity contribution in [2.45, 2.75) is 76.3 Å². The predicted octanol–water partition coefficient (Wildman–Crippen LogP) is 4.63. The van der Waals surface area contributed by atoms with E-state index >= 15 is 0 Å². The van der Waals surface area contributed by atoms with Crippen LogP contribution in [0.2, 0.25) is 0 Å². The number of hydrogen-bond acceptors (Lipinski definition) is 5. The van der Waals surface area contributed by atoms with E-state index in [-0.39, 0.29) is 29.9 Å². The normalized spacial score (nSPS) is 24.3. The molecular weight excluding hydrogens is 398 g/mol. The van der Waals surface area contributed by atoms with Gasteiger partial charge in [0, 0.05) is 13.0 Å². The molecule has 1 heterocycles. The first-order valence-corrected chi connectivity index (χ1v) is 11.0. The minimum Gasteiger partial charge on any atom is -0.487 e. The van der Waals surface area contributed by atoms with E-state index in [1.807, 2.05) is 6.92 Å². The van der Waals surface area contributed by atoms with Gasteiger partial charge in [0.2, 0.25) is 5.91 Å². The highest BCUT2D eigenvalue weighted by atomic mass is 32.1. The van der Waals surface area contributed by atoms with Crippen molar-refractivity contribution in [3.63, 3.8) is 0 Å². The molecule has 2 saturated carbocycles. The monoisotopic (exact) mass is 424 g/mol. The number of amides is 1. The average molecular weight is 425 g/mol. The molecule has 1 aromatic carbocycles. The Balaban J connectivity index is 1.32. The Labute approximate surface area is 172 Å². The summed E-state index contributed by atoms with van der Waals surface area (Å²) in [6.07, 6.45) is 4.20. The molecule has 8 heteroatoms. The molecule has 5 nitrogen and oxygen atoms in total. The second-order valence-electron chi connectivity index (χ2n) is 8.16. The maximum atomic E-state index is 14.9. The predicted molar refractivity (Wildman–Crippen MR) is 108 cm³/mol. The SMILES string of the molecule is CC(=O)N[C@@H](C)COC1CCC(Oc2ccc3nc(C4(F)CC4)sc3c2F)CC1. The van der Waals surface area contributed by atoms with Crippen molar-refractivity contribution in [3.8, 4) is 5.75 Å². The van der Waals surface area contributed by atoms with Gasteiger partial charge in [-0.15, -0.1) is 11.3 Å². The minimum atomic E-state index is -1.35. The number of thiazole rings is 1. The molecule has 0 radical (unpaired) electrons. The molecule has 2 fully saturated rings. The van der Waals surface area contributed by atoms with Crippen LogP contribution >= 0.6 is 11.3 Å². The van der Waals surface area contributed by atoms with Crippen LogP contribution in [0.1, 0.15) is 57.4 Å². The molecule has 2 aromatic rings. The third-order valence-electron chi connectivity index (χ3n) is 5.48. The summed E-state index contributed by atoms with van der Waals surface area (Å²) >= 11 is 1.09. The Bertz CT molecular complexity index is 891. The van der Waals surface area contributed by atoms with E-state index in [0.717, 1.165) is 37.0 Å². The van der Waals surface area contributed by atoms with E-state index in [1.54, 1.807) is 12.1 Å². The van der Waals surface area contributed by atoms with Crippen LogP contribution in [0, 0.1) is 5.82 Å². The summed E-state index contributed by atoms with van der Waals surface area (Å²) < 4.78 is 41.3. The highest BCUT2D eigenvalue weighted by Gasteiger charge is 2.48. The van der Waals surface area contributed by atoms with Gasteiger partial charge in [-0.1, -0.05) is 0 Å². The molecule has 1 N–H and O–H groups in total. The van der Waals surface area contributed by atoms with Crippen LogP contribution in [-0.4, -0.2) is 35.7 Å². The molecule has 0 bridgehead atoms. The van der Waals surface area contributed by atoms with E-state index in [4.69, 9.17) is 9.47 Å². The van der Waals surface area contributed by atoms with Crippen molar-refractivity contribution in [1.82, 2.24) is 10.3 Å². The van der Waals surface area contributed by atoms with Gasteiger partial charge in [0.25, 0.3) is 0 Å². The van der Waals surface area contributed by atoms with Crippen molar-refractivity contribution < 1.29 is 23.0 Å². The average Bonchev–Trinajstić information content (AvgIpc) is 3.26. The summed E-state index contributed by atoms with van der Waals surface area (Å²) in [4.78, 5) is 15.3. The van der Waals surface area contributed by atoms with Gasteiger partial charge in [0.15, 0.2) is 17.2 Å². The number of rotatable bonds is 7. The van der Waals surface area contributed by atoms with Gasteiger partial charge >= 0.3 is 0 Å². The Kier molecular flexibility index (Phi) is 5.75. The Morgan fingerprint density at radius 3 is 2.66 bits per heavy atom. The number of nitrogens with zero attached hydrogens (tertiary/aromatic N) is 1. The molecule has 2 aliphatic carbocycles. The number of carbonyl (C=O) groups is 1. The van der Waals surface area contributed by atoms with Gasteiger partial charge in [0.1, 0.15) is 5.01 Å². The number of benzene rings is 1. The van der Waals surface area contributed by atoms with Crippen LogP contribution in [-0.2, 0) is 15.2 Å². The van der Waals surface area contributed by atoms with Crippen LogP contribution in [0.25, 0.3) is 10.2 Å². The molecule has 1 aromatic heterocycles. The van der Waals surface area contributed by atoms with E-state index in [0.29, 0.717) is 34.7 Å². The van der Waals surface area contributed by atoms with E-state index in [1.165, 1.54) is 6.92 Å². The zero-order valence-electron chi connectivity index (χ0n) is 16.7. The van der Waals surface area contributed by atoms with Crippen LogP contribution in [0.4, 0.5) is 8.78 Å². The molecule has 29 heavy (non-hydrogen) atoms. The number of nitrogens with one attached hydrogen (secondary N) is 1. The molecule has 4 rings (SSSR count). The van der Waals surface area contributed by atoms with E-state index in [9.17, 15) is 13.6 Å². The second-order valence-corrected chi connectivity index (χ2v) is 9.16. The fourth-order valence-electron chi connectivity index (χ4n) is 3.71. The number of aromatic nitrogens is 1. The number of halogens is 2. The number of carbonyl (C=O) groups excluding carboxylic acids is 1. The van der Waals surface area contributed by atoms with Gasteiger partial charge in [0.05, 0.1) is 29.0 Å². The third kappa shape index (κ3) is 4.69. The lowest BCUT2D eigenvalue weighted by Crippen LogP contribution is -2.36. The van der Waals surface area contributed by atoms with Gasteiger partial charge in [-0.05, 0) is 57.6 Å². The fourth-order valence-corrected chi connectivity index (χ4v) is 4.85. The molecular formula is C21H26F2N2O3S. The van der Waals surface area contributed by atoms with E-state index < -0.39 is 11.5 Å². The quantitative estimate of drug-likeness (QED) is 0.704. The van der Waals surface area contributed by atoms with Crippen molar-refractivity contribution in [1.29, 1.82) is 0 Å². The molecule has 0 unspecified atom stereocenters. The summed E-state index contributed by atoms with van der Waals surface area (Å²) in [5.41, 5.74) is -0.864. The highest BCUT2D eigenvalue weighted by Crippen LogP contribution is 2.52. The van der Waals surface area contributed by atoms with Gasteiger partial charge in [-0.2, -0.15) is 0 Å².